The Balaban J connectivity index is 1.71. The van der Waals surface area contributed by atoms with Crippen molar-refractivity contribution in [2.24, 2.45) is 0 Å². The minimum Gasteiger partial charge on any atom is -0.337 e. The van der Waals surface area contributed by atoms with Gasteiger partial charge in [-0.3, -0.25) is 4.79 Å². The third-order valence-corrected chi connectivity index (χ3v) is 4.84. The number of hydrogen-bond donors (Lipinski definition) is 0. The summed E-state index contributed by atoms with van der Waals surface area (Å²) in [5.41, 5.74) is 2.61. The molecule has 1 amide bonds. The van der Waals surface area contributed by atoms with Crippen LogP contribution in [0.1, 0.15) is 36.3 Å². The molecule has 2 aromatic rings. The Kier molecular flexibility index (Phi) is 5.30. The number of nitrogens with zero attached hydrogens (tertiary/aromatic N) is 2. The number of rotatable bonds is 4. The Morgan fingerprint density at radius 2 is 1.80 bits per heavy atom. The van der Waals surface area contributed by atoms with Crippen LogP contribution in [0.4, 0.5) is 0 Å². The van der Waals surface area contributed by atoms with Crippen molar-refractivity contribution in [3.05, 3.63) is 83.4 Å². The number of allylic oxidation sites excluding steroid dienone is 1. The van der Waals surface area contributed by atoms with Gasteiger partial charge in [-0.25, -0.2) is 0 Å². The summed E-state index contributed by atoms with van der Waals surface area (Å²) in [7, 11) is 0. The molecule has 0 aromatic heterocycles. The summed E-state index contributed by atoms with van der Waals surface area (Å²) in [6, 6.07) is 22.3. The van der Waals surface area contributed by atoms with Gasteiger partial charge in [-0.15, -0.1) is 0 Å². The normalized spacial score (nSPS) is 18.6. The predicted molar refractivity (Wildman–Crippen MR) is 98.9 cm³/mol. The van der Waals surface area contributed by atoms with Crippen molar-refractivity contribution in [3.63, 3.8) is 0 Å². The minimum absolute atomic E-state index is 0.0346. The van der Waals surface area contributed by atoms with Crippen LogP contribution in [-0.2, 0) is 4.79 Å². The fourth-order valence-corrected chi connectivity index (χ4v) is 3.37. The van der Waals surface area contributed by atoms with Crippen molar-refractivity contribution < 1.29 is 4.79 Å². The summed E-state index contributed by atoms with van der Waals surface area (Å²) in [6.07, 6.45) is 2.73. The fraction of sp³-hybridized carbons (Fsp3) is 0.273. The number of hydrogen-bond acceptors (Lipinski definition) is 2. The quantitative estimate of drug-likeness (QED) is 0.621. The molecule has 25 heavy (non-hydrogen) atoms. The van der Waals surface area contributed by atoms with E-state index in [0.717, 1.165) is 12.0 Å². The lowest BCUT2D eigenvalue weighted by molar-refractivity contribution is -0.125. The first-order valence-electron chi connectivity index (χ1n) is 8.70. The van der Waals surface area contributed by atoms with Crippen LogP contribution >= 0.6 is 0 Å². The van der Waals surface area contributed by atoms with E-state index in [1.54, 1.807) is 6.08 Å². The topological polar surface area (TPSA) is 44.1 Å². The summed E-state index contributed by atoms with van der Waals surface area (Å²) < 4.78 is 0. The molecular formula is C22H22N2O. The number of benzene rings is 2. The molecule has 1 fully saturated rings. The van der Waals surface area contributed by atoms with E-state index in [1.807, 2.05) is 60.4 Å². The molecule has 2 atom stereocenters. The Labute approximate surface area is 149 Å². The van der Waals surface area contributed by atoms with Crippen molar-refractivity contribution in [2.45, 2.75) is 25.2 Å². The average Bonchev–Trinajstić information content (AvgIpc) is 3.17. The highest BCUT2D eigenvalue weighted by Gasteiger charge is 2.29. The van der Waals surface area contributed by atoms with Gasteiger partial charge in [0.2, 0.25) is 0 Å². The van der Waals surface area contributed by atoms with Gasteiger partial charge in [0.15, 0.2) is 0 Å². The molecule has 3 heteroatoms. The van der Waals surface area contributed by atoms with Crippen molar-refractivity contribution >= 4 is 5.91 Å². The minimum atomic E-state index is -0.149. The Morgan fingerprint density at radius 3 is 2.44 bits per heavy atom. The van der Waals surface area contributed by atoms with Gasteiger partial charge >= 0.3 is 0 Å². The third-order valence-electron chi connectivity index (χ3n) is 4.84. The van der Waals surface area contributed by atoms with E-state index in [0.29, 0.717) is 19.0 Å². The monoisotopic (exact) mass is 330 g/mol. The summed E-state index contributed by atoms with van der Waals surface area (Å²) in [5.74, 6) is 0.243. The number of nitriles is 1. The smallest absolute Gasteiger partial charge is 0.264 e. The predicted octanol–water partition coefficient (Wildman–Crippen LogP) is 4.26. The van der Waals surface area contributed by atoms with Crippen LogP contribution in [0.15, 0.2) is 72.3 Å². The third kappa shape index (κ3) is 3.97. The molecule has 126 valence electrons. The van der Waals surface area contributed by atoms with Crippen LogP contribution in [0.2, 0.25) is 0 Å². The molecule has 1 saturated heterocycles. The highest BCUT2D eigenvalue weighted by molar-refractivity contribution is 5.97. The lowest BCUT2D eigenvalue weighted by Crippen LogP contribution is -2.29. The molecule has 0 bridgehead atoms. The SMILES string of the molecule is CC(/C=C(\C#N)C(=O)N1CCC(c2ccccc2)C1)c1ccccc1. The largest absolute Gasteiger partial charge is 0.337 e. The molecule has 2 unspecified atom stereocenters. The highest BCUT2D eigenvalue weighted by Crippen LogP contribution is 2.28. The van der Waals surface area contributed by atoms with E-state index in [9.17, 15) is 10.1 Å². The second kappa shape index (κ2) is 7.81. The molecule has 0 spiro atoms. The van der Waals surface area contributed by atoms with Crippen molar-refractivity contribution in [2.75, 3.05) is 13.1 Å². The van der Waals surface area contributed by atoms with Gasteiger partial charge in [-0.2, -0.15) is 5.26 Å². The molecule has 1 heterocycles. The summed E-state index contributed by atoms with van der Waals surface area (Å²) in [6.45, 7) is 3.40. The zero-order valence-corrected chi connectivity index (χ0v) is 14.4. The van der Waals surface area contributed by atoms with Gasteiger partial charge in [-0.1, -0.05) is 73.7 Å². The summed E-state index contributed by atoms with van der Waals surface area (Å²) in [5, 5.41) is 9.47. The fourth-order valence-electron chi connectivity index (χ4n) is 3.37. The van der Waals surface area contributed by atoms with Gasteiger partial charge in [-0.05, 0) is 17.5 Å². The van der Waals surface area contributed by atoms with Crippen molar-refractivity contribution in [3.8, 4) is 6.07 Å². The molecule has 2 aromatic carbocycles. The first-order valence-corrected chi connectivity index (χ1v) is 8.70. The summed E-state index contributed by atoms with van der Waals surface area (Å²) in [4.78, 5) is 14.6. The van der Waals surface area contributed by atoms with E-state index in [-0.39, 0.29) is 17.4 Å². The molecule has 0 N–H and O–H groups in total. The maximum absolute atomic E-state index is 12.8. The van der Waals surface area contributed by atoms with E-state index in [1.165, 1.54) is 5.56 Å². The second-order valence-corrected chi connectivity index (χ2v) is 6.54. The first-order chi connectivity index (χ1) is 12.2. The van der Waals surface area contributed by atoms with Gasteiger partial charge in [0.05, 0.1) is 0 Å². The number of amides is 1. The molecular weight excluding hydrogens is 308 g/mol. The second-order valence-electron chi connectivity index (χ2n) is 6.54. The van der Waals surface area contributed by atoms with Crippen LogP contribution in [0.3, 0.4) is 0 Å². The maximum Gasteiger partial charge on any atom is 0.264 e. The lowest BCUT2D eigenvalue weighted by atomic mass is 9.98. The number of likely N-dealkylation sites (tertiary alicyclic amines) is 1. The van der Waals surface area contributed by atoms with E-state index >= 15 is 0 Å². The molecule has 3 rings (SSSR count). The van der Waals surface area contributed by atoms with Crippen molar-refractivity contribution in [1.82, 2.24) is 4.90 Å². The Morgan fingerprint density at radius 1 is 1.16 bits per heavy atom. The molecule has 0 aliphatic carbocycles. The average molecular weight is 330 g/mol. The highest BCUT2D eigenvalue weighted by atomic mass is 16.2. The molecule has 0 radical (unpaired) electrons. The van der Waals surface area contributed by atoms with Crippen LogP contribution in [0, 0.1) is 11.3 Å². The van der Waals surface area contributed by atoms with Gasteiger partial charge in [0.25, 0.3) is 5.91 Å². The summed E-state index contributed by atoms with van der Waals surface area (Å²) >= 11 is 0. The van der Waals surface area contributed by atoms with Gasteiger partial charge in [0, 0.05) is 24.9 Å². The Bertz CT molecular complexity index is 790. The van der Waals surface area contributed by atoms with Crippen LogP contribution in [0.5, 0.6) is 0 Å². The maximum atomic E-state index is 12.8. The van der Waals surface area contributed by atoms with Gasteiger partial charge < -0.3 is 4.90 Å². The number of carbonyl (C=O) groups is 1. The van der Waals surface area contributed by atoms with Crippen LogP contribution < -0.4 is 0 Å². The standard InChI is InChI=1S/C22H22N2O/c1-17(18-8-4-2-5-9-18)14-21(15-23)22(25)24-13-12-20(16-24)19-10-6-3-7-11-19/h2-11,14,17,20H,12-13,16H2,1H3/b21-14+. The molecule has 1 aliphatic rings. The molecule has 1 aliphatic heterocycles. The van der Waals surface area contributed by atoms with E-state index < -0.39 is 0 Å². The van der Waals surface area contributed by atoms with E-state index in [4.69, 9.17) is 0 Å². The van der Waals surface area contributed by atoms with Crippen LogP contribution in [-0.4, -0.2) is 23.9 Å². The lowest BCUT2D eigenvalue weighted by Gasteiger charge is -2.17. The van der Waals surface area contributed by atoms with E-state index in [2.05, 4.69) is 18.2 Å². The molecule has 0 saturated carbocycles. The van der Waals surface area contributed by atoms with Crippen molar-refractivity contribution in [1.29, 1.82) is 5.26 Å². The molecule has 3 nitrogen and oxygen atoms in total. The Hall–Kier alpha value is -2.86. The zero-order valence-electron chi connectivity index (χ0n) is 14.4. The first kappa shape index (κ1) is 17.0. The zero-order chi connectivity index (χ0) is 17.6. The van der Waals surface area contributed by atoms with Crippen LogP contribution in [0.25, 0.3) is 0 Å². The van der Waals surface area contributed by atoms with Gasteiger partial charge in [0.1, 0.15) is 11.6 Å². The number of carbonyl (C=O) groups excluding carboxylic acids is 1.